The van der Waals surface area contributed by atoms with E-state index >= 15 is 0 Å². The number of nitrogen functional groups attached to an aromatic ring is 1. The summed E-state index contributed by atoms with van der Waals surface area (Å²) in [7, 11) is 2.17. The Balaban J connectivity index is 1.81. The summed E-state index contributed by atoms with van der Waals surface area (Å²) in [6.07, 6.45) is 4.88. The highest BCUT2D eigenvalue weighted by Gasteiger charge is 2.41. The Morgan fingerprint density at radius 3 is 2.78 bits per heavy atom. The van der Waals surface area contributed by atoms with Gasteiger partial charge in [-0.3, -0.25) is 4.90 Å². The van der Waals surface area contributed by atoms with Crippen molar-refractivity contribution in [2.75, 3.05) is 12.8 Å². The molecule has 2 bridgehead atoms. The van der Waals surface area contributed by atoms with Crippen molar-refractivity contribution in [3.63, 3.8) is 0 Å². The maximum absolute atomic E-state index is 9.88. The van der Waals surface area contributed by atoms with Gasteiger partial charge in [0, 0.05) is 35.3 Å². The first-order chi connectivity index (χ1) is 13.2. The van der Waals surface area contributed by atoms with Crippen LogP contribution in [0.2, 0.25) is 0 Å². The Morgan fingerprint density at radius 1 is 1.19 bits per heavy atom. The zero-order valence-corrected chi connectivity index (χ0v) is 15.1. The summed E-state index contributed by atoms with van der Waals surface area (Å²) < 4.78 is 1.89. The number of anilines is 1. The van der Waals surface area contributed by atoms with Crippen LogP contribution in [0.15, 0.2) is 42.6 Å². The van der Waals surface area contributed by atoms with Gasteiger partial charge >= 0.3 is 0 Å². The van der Waals surface area contributed by atoms with Crippen LogP contribution < -0.4 is 5.73 Å². The zero-order valence-electron chi connectivity index (χ0n) is 15.1. The van der Waals surface area contributed by atoms with E-state index in [1.54, 1.807) is 6.20 Å². The van der Waals surface area contributed by atoms with E-state index in [2.05, 4.69) is 28.1 Å². The lowest BCUT2D eigenvalue weighted by Crippen LogP contribution is -2.35. The van der Waals surface area contributed by atoms with Crippen molar-refractivity contribution >= 4 is 5.82 Å². The van der Waals surface area contributed by atoms with Crippen molar-refractivity contribution in [3.05, 3.63) is 59.4 Å². The molecule has 2 aromatic heterocycles. The van der Waals surface area contributed by atoms with Crippen LogP contribution in [-0.2, 0) is 6.42 Å². The Kier molecular flexibility index (Phi) is 3.52. The second-order valence-corrected chi connectivity index (χ2v) is 7.30. The standard InChI is InChI=1S/C21H20N6/c1-26-14-7-8-17(26)20-16(11-14)25-21(23)15(12-22)19(20)18-9-10-24-27(18)13-5-3-2-4-6-13/h2-6,9-10,14,17H,7-8,11H2,1H3,(H2,23,25)/t14-,17+/m0/s1. The summed E-state index contributed by atoms with van der Waals surface area (Å²) in [5.41, 5.74) is 11.6. The molecule has 0 amide bonds. The Hall–Kier alpha value is -3.17. The van der Waals surface area contributed by atoms with Gasteiger partial charge in [0.05, 0.1) is 17.6 Å². The molecular formula is C21H20N6. The van der Waals surface area contributed by atoms with E-state index in [-0.39, 0.29) is 6.04 Å². The van der Waals surface area contributed by atoms with E-state index in [4.69, 9.17) is 5.73 Å². The second kappa shape index (κ2) is 5.93. The quantitative estimate of drug-likeness (QED) is 0.763. The number of pyridine rings is 1. The molecule has 0 aliphatic carbocycles. The number of likely N-dealkylation sites (N-methyl/N-ethyl adjacent to an activating group) is 1. The molecule has 2 atom stereocenters. The summed E-state index contributed by atoms with van der Waals surface area (Å²) in [6.45, 7) is 0. The number of nitriles is 1. The molecule has 27 heavy (non-hydrogen) atoms. The number of para-hydroxylation sites is 1. The summed E-state index contributed by atoms with van der Waals surface area (Å²) in [5, 5.41) is 14.4. The van der Waals surface area contributed by atoms with E-state index in [0.717, 1.165) is 47.5 Å². The predicted octanol–water partition coefficient (Wildman–Crippen LogP) is 3.08. The lowest BCUT2D eigenvalue weighted by atomic mass is 9.89. The van der Waals surface area contributed by atoms with Crippen molar-refractivity contribution in [2.45, 2.75) is 31.3 Å². The first-order valence-electron chi connectivity index (χ1n) is 9.23. The zero-order chi connectivity index (χ0) is 18.5. The average molecular weight is 356 g/mol. The molecule has 0 radical (unpaired) electrons. The first kappa shape index (κ1) is 16.0. The van der Waals surface area contributed by atoms with Crippen LogP contribution >= 0.6 is 0 Å². The van der Waals surface area contributed by atoms with Gasteiger partial charge in [-0.25, -0.2) is 9.67 Å². The molecule has 1 fully saturated rings. The normalized spacial score (nSPS) is 21.0. The fraction of sp³-hybridized carbons (Fsp3) is 0.286. The molecule has 5 rings (SSSR count). The van der Waals surface area contributed by atoms with Gasteiger partial charge in [0.25, 0.3) is 0 Å². The molecule has 6 nitrogen and oxygen atoms in total. The van der Waals surface area contributed by atoms with Crippen molar-refractivity contribution in [1.29, 1.82) is 5.26 Å². The Labute approximate surface area is 157 Å². The van der Waals surface area contributed by atoms with Gasteiger partial charge in [0.1, 0.15) is 17.5 Å². The summed E-state index contributed by atoms with van der Waals surface area (Å²) >= 11 is 0. The molecule has 2 N–H and O–H groups in total. The van der Waals surface area contributed by atoms with Gasteiger partial charge < -0.3 is 5.73 Å². The van der Waals surface area contributed by atoms with Gasteiger partial charge in [0.2, 0.25) is 0 Å². The van der Waals surface area contributed by atoms with Crippen molar-refractivity contribution in [3.8, 4) is 23.0 Å². The molecule has 134 valence electrons. The molecule has 0 unspecified atom stereocenters. The molecule has 0 saturated carbocycles. The van der Waals surface area contributed by atoms with Gasteiger partial charge in [0.15, 0.2) is 0 Å². The third-order valence-electron chi connectivity index (χ3n) is 5.96. The monoisotopic (exact) mass is 356 g/mol. The fourth-order valence-electron chi connectivity index (χ4n) is 4.66. The average Bonchev–Trinajstić information content (AvgIpc) is 3.24. The molecule has 3 aromatic rings. The van der Waals surface area contributed by atoms with Crippen LogP contribution in [0.1, 0.15) is 35.7 Å². The van der Waals surface area contributed by atoms with Crippen LogP contribution in [-0.4, -0.2) is 32.8 Å². The van der Waals surface area contributed by atoms with E-state index in [9.17, 15) is 5.26 Å². The van der Waals surface area contributed by atoms with Crippen molar-refractivity contribution < 1.29 is 0 Å². The minimum absolute atomic E-state index is 0.271. The van der Waals surface area contributed by atoms with Crippen molar-refractivity contribution in [2.24, 2.45) is 0 Å². The van der Waals surface area contributed by atoms with Crippen LogP contribution in [0.3, 0.4) is 0 Å². The maximum Gasteiger partial charge on any atom is 0.142 e. The Morgan fingerprint density at radius 2 is 2.00 bits per heavy atom. The minimum Gasteiger partial charge on any atom is -0.383 e. The number of hydrogen-bond acceptors (Lipinski definition) is 5. The lowest BCUT2D eigenvalue weighted by Gasteiger charge is -2.34. The number of rotatable bonds is 2. The van der Waals surface area contributed by atoms with Gasteiger partial charge in [-0.05, 0) is 38.1 Å². The van der Waals surface area contributed by atoms with Crippen molar-refractivity contribution in [1.82, 2.24) is 19.7 Å². The van der Waals surface area contributed by atoms with E-state index in [1.165, 1.54) is 0 Å². The van der Waals surface area contributed by atoms with E-state index in [0.29, 0.717) is 17.4 Å². The number of benzene rings is 1. The van der Waals surface area contributed by atoms with Crippen LogP contribution in [0.4, 0.5) is 5.82 Å². The predicted molar refractivity (Wildman–Crippen MR) is 103 cm³/mol. The molecule has 2 aliphatic rings. The summed E-state index contributed by atoms with van der Waals surface area (Å²) in [4.78, 5) is 7.06. The highest BCUT2D eigenvalue weighted by Crippen LogP contribution is 2.47. The number of fused-ring (bicyclic) bond motifs is 4. The molecule has 1 aromatic carbocycles. The minimum atomic E-state index is 0.271. The molecule has 2 aliphatic heterocycles. The lowest BCUT2D eigenvalue weighted by molar-refractivity contribution is 0.222. The number of nitrogens with two attached hydrogens (primary N) is 1. The molecule has 6 heteroatoms. The summed E-state index contributed by atoms with van der Waals surface area (Å²) in [6, 6.07) is 15.0. The van der Waals surface area contributed by atoms with Gasteiger partial charge in [-0.1, -0.05) is 18.2 Å². The SMILES string of the molecule is CN1[C@H]2CC[C@@H]1c1c(nc(N)c(C#N)c1-c1ccnn1-c1ccccc1)C2. The largest absolute Gasteiger partial charge is 0.383 e. The highest BCUT2D eigenvalue weighted by atomic mass is 15.3. The topological polar surface area (TPSA) is 83.8 Å². The third kappa shape index (κ3) is 2.29. The number of aromatic nitrogens is 3. The third-order valence-corrected chi connectivity index (χ3v) is 5.96. The molecular weight excluding hydrogens is 336 g/mol. The molecule has 4 heterocycles. The Bertz CT molecular complexity index is 1060. The highest BCUT2D eigenvalue weighted by molar-refractivity contribution is 5.79. The van der Waals surface area contributed by atoms with Crippen LogP contribution in [0, 0.1) is 11.3 Å². The van der Waals surface area contributed by atoms with Gasteiger partial charge in [-0.15, -0.1) is 0 Å². The smallest absolute Gasteiger partial charge is 0.142 e. The summed E-state index contributed by atoms with van der Waals surface area (Å²) in [5.74, 6) is 0.316. The molecule has 0 spiro atoms. The fourth-order valence-corrected chi connectivity index (χ4v) is 4.66. The number of hydrogen-bond donors (Lipinski definition) is 1. The van der Waals surface area contributed by atoms with E-state index in [1.807, 2.05) is 41.1 Å². The van der Waals surface area contributed by atoms with Crippen LogP contribution in [0.5, 0.6) is 0 Å². The first-order valence-corrected chi connectivity index (χ1v) is 9.23. The molecule has 1 saturated heterocycles. The van der Waals surface area contributed by atoms with Crippen LogP contribution in [0.25, 0.3) is 16.9 Å². The second-order valence-electron chi connectivity index (χ2n) is 7.30. The van der Waals surface area contributed by atoms with E-state index < -0.39 is 0 Å². The number of nitrogens with zero attached hydrogens (tertiary/aromatic N) is 5. The van der Waals surface area contributed by atoms with Gasteiger partial charge in [-0.2, -0.15) is 10.4 Å². The maximum atomic E-state index is 9.88.